The van der Waals surface area contributed by atoms with E-state index >= 15 is 0 Å². The predicted molar refractivity (Wildman–Crippen MR) is 80.9 cm³/mol. The molecule has 0 aliphatic rings. The van der Waals surface area contributed by atoms with E-state index in [1.165, 1.54) is 4.88 Å². The normalized spacial score (nSPS) is 12.2. The van der Waals surface area contributed by atoms with Crippen LogP contribution >= 0.6 is 23.6 Å². The fourth-order valence-electron chi connectivity index (χ4n) is 1.38. The number of nitrogens with one attached hydrogen (secondary N) is 1. The van der Waals surface area contributed by atoms with Crippen LogP contribution in [0.3, 0.4) is 0 Å². The van der Waals surface area contributed by atoms with Crippen molar-refractivity contribution in [3.05, 3.63) is 22.4 Å². The van der Waals surface area contributed by atoms with E-state index in [9.17, 15) is 4.79 Å². The lowest BCUT2D eigenvalue weighted by Crippen LogP contribution is -2.47. The Hall–Kier alpha value is -0.940. The Kier molecular flexibility index (Phi) is 4.50. The number of hydrogen-bond acceptors (Lipinski definition) is 3. The van der Waals surface area contributed by atoms with Crippen molar-refractivity contribution in [2.75, 3.05) is 6.54 Å². The molecule has 0 bridgehead atoms. The molecule has 0 radical (unpaired) electrons. The van der Waals surface area contributed by atoms with E-state index in [1.807, 2.05) is 11.4 Å². The lowest BCUT2D eigenvalue weighted by Gasteiger charge is -2.27. The van der Waals surface area contributed by atoms with Crippen LogP contribution in [0.1, 0.15) is 32.6 Å². The molecule has 0 fully saturated rings. The fraction of sp³-hybridized carbons (Fsp3) is 0.538. The van der Waals surface area contributed by atoms with E-state index in [4.69, 9.17) is 18.0 Å². The quantitative estimate of drug-likeness (QED) is 0.817. The molecule has 18 heavy (non-hydrogen) atoms. The minimum absolute atomic E-state index is 0.0872. The lowest BCUT2D eigenvalue weighted by molar-refractivity contribution is -0.126. The molecule has 5 heteroatoms. The van der Waals surface area contributed by atoms with Crippen LogP contribution in [-0.2, 0) is 10.2 Å². The van der Waals surface area contributed by atoms with E-state index in [1.54, 1.807) is 25.2 Å². The minimum Gasteiger partial charge on any atom is -0.392 e. The standard InChI is InChI=1S/C13H20N2OS2/c1-12(2,9-6-5-7-18-9)8-15-11(16)13(3,4)10(14)17/h5-7H,8H2,1-4H3,(H2,14,17)(H,15,16). The third kappa shape index (κ3) is 3.29. The second-order valence-electron chi connectivity index (χ2n) is 5.53. The molecule has 1 rings (SSSR count). The summed E-state index contributed by atoms with van der Waals surface area (Å²) in [5.74, 6) is -0.125. The summed E-state index contributed by atoms with van der Waals surface area (Å²) in [6.45, 7) is 8.25. The van der Waals surface area contributed by atoms with Gasteiger partial charge < -0.3 is 11.1 Å². The summed E-state index contributed by atoms with van der Waals surface area (Å²) in [5.41, 5.74) is 4.69. The molecule has 1 amide bonds. The second-order valence-corrected chi connectivity index (χ2v) is 6.92. The molecule has 1 heterocycles. The number of thiocarbonyl (C=S) groups is 1. The summed E-state index contributed by atoms with van der Waals surface area (Å²) in [5, 5.41) is 4.97. The van der Waals surface area contributed by atoms with Gasteiger partial charge in [0.15, 0.2) is 0 Å². The van der Waals surface area contributed by atoms with Gasteiger partial charge in [-0.1, -0.05) is 32.1 Å². The van der Waals surface area contributed by atoms with Crippen molar-refractivity contribution in [1.29, 1.82) is 0 Å². The molecule has 3 N–H and O–H groups in total. The molecular weight excluding hydrogens is 264 g/mol. The number of carbonyl (C=O) groups is 1. The zero-order valence-corrected chi connectivity index (χ0v) is 12.9. The zero-order valence-electron chi connectivity index (χ0n) is 11.2. The Morgan fingerprint density at radius 3 is 2.50 bits per heavy atom. The van der Waals surface area contributed by atoms with Crippen LogP contribution in [0.2, 0.25) is 0 Å². The van der Waals surface area contributed by atoms with Crippen molar-refractivity contribution in [3.8, 4) is 0 Å². The Morgan fingerprint density at radius 2 is 2.06 bits per heavy atom. The monoisotopic (exact) mass is 284 g/mol. The van der Waals surface area contributed by atoms with Crippen molar-refractivity contribution in [2.45, 2.75) is 33.1 Å². The summed E-state index contributed by atoms with van der Waals surface area (Å²) < 4.78 is 0. The average Bonchev–Trinajstić information content (AvgIpc) is 2.79. The largest absolute Gasteiger partial charge is 0.392 e. The van der Waals surface area contributed by atoms with Gasteiger partial charge in [0.25, 0.3) is 0 Å². The number of carbonyl (C=O) groups excluding carboxylic acids is 1. The first-order chi connectivity index (χ1) is 8.18. The summed E-state index contributed by atoms with van der Waals surface area (Å²) in [6.07, 6.45) is 0. The second kappa shape index (κ2) is 5.36. The molecule has 0 saturated carbocycles. The van der Waals surface area contributed by atoms with Crippen molar-refractivity contribution in [2.24, 2.45) is 11.1 Å². The third-order valence-electron chi connectivity index (χ3n) is 3.06. The van der Waals surface area contributed by atoms with Crippen LogP contribution in [-0.4, -0.2) is 17.4 Å². The maximum atomic E-state index is 12.0. The first-order valence-electron chi connectivity index (χ1n) is 5.80. The van der Waals surface area contributed by atoms with Crippen LogP contribution in [0.25, 0.3) is 0 Å². The van der Waals surface area contributed by atoms with Crippen molar-refractivity contribution >= 4 is 34.5 Å². The highest BCUT2D eigenvalue weighted by Gasteiger charge is 2.32. The molecular formula is C13H20N2OS2. The lowest BCUT2D eigenvalue weighted by atomic mass is 9.89. The van der Waals surface area contributed by atoms with Gasteiger partial charge in [0.2, 0.25) is 5.91 Å². The van der Waals surface area contributed by atoms with Crippen LogP contribution in [0.4, 0.5) is 0 Å². The Bertz CT molecular complexity index is 436. The molecule has 0 aliphatic heterocycles. The molecule has 0 aliphatic carbocycles. The van der Waals surface area contributed by atoms with E-state index < -0.39 is 5.41 Å². The van der Waals surface area contributed by atoms with Crippen LogP contribution in [0, 0.1) is 5.41 Å². The van der Waals surface area contributed by atoms with E-state index in [2.05, 4.69) is 25.2 Å². The number of rotatable bonds is 5. The predicted octanol–water partition coefficient (Wildman–Crippen LogP) is 2.45. The number of thiophene rings is 1. The molecule has 0 atom stereocenters. The van der Waals surface area contributed by atoms with Gasteiger partial charge in [0.1, 0.15) is 0 Å². The van der Waals surface area contributed by atoms with Crippen molar-refractivity contribution in [1.82, 2.24) is 5.32 Å². The Balaban J connectivity index is 2.66. The van der Waals surface area contributed by atoms with Gasteiger partial charge >= 0.3 is 0 Å². The molecule has 100 valence electrons. The topological polar surface area (TPSA) is 55.1 Å². The van der Waals surface area contributed by atoms with Gasteiger partial charge in [0.05, 0.1) is 10.4 Å². The molecule has 0 unspecified atom stereocenters. The summed E-state index contributed by atoms with van der Waals surface area (Å²) in [4.78, 5) is 13.5. The number of hydrogen-bond donors (Lipinski definition) is 2. The first kappa shape index (κ1) is 15.1. The summed E-state index contributed by atoms with van der Waals surface area (Å²) in [7, 11) is 0. The minimum atomic E-state index is -0.805. The van der Waals surface area contributed by atoms with Crippen LogP contribution in [0.15, 0.2) is 17.5 Å². The molecule has 3 nitrogen and oxygen atoms in total. The molecule has 0 saturated heterocycles. The molecule has 0 aromatic carbocycles. The SMILES string of the molecule is CC(C)(C(=O)NCC(C)(C)c1cccs1)C(N)=S. The Labute approximate surface area is 118 Å². The highest BCUT2D eigenvalue weighted by atomic mass is 32.1. The van der Waals surface area contributed by atoms with Crippen LogP contribution < -0.4 is 11.1 Å². The number of nitrogens with two attached hydrogens (primary N) is 1. The Morgan fingerprint density at radius 1 is 1.44 bits per heavy atom. The van der Waals surface area contributed by atoms with Gasteiger partial charge in [-0.3, -0.25) is 4.79 Å². The van der Waals surface area contributed by atoms with Gasteiger partial charge in [0, 0.05) is 16.8 Å². The fourth-order valence-corrected chi connectivity index (χ4v) is 2.33. The van der Waals surface area contributed by atoms with Crippen LogP contribution in [0.5, 0.6) is 0 Å². The van der Waals surface area contributed by atoms with Gasteiger partial charge in [-0.15, -0.1) is 11.3 Å². The van der Waals surface area contributed by atoms with Gasteiger partial charge in [-0.25, -0.2) is 0 Å². The third-order valence-corrected chi connectivity index (χ3v) is 4.81. The summed E-state index contributed by atoms with van der Waals surface area (Å²) in [6, 6.07) is 4.10. The molecule has 1 aromatic rings. The highest BCUT2D eigenvalue weighted by Crippen LogP contribution is 2.27. The summed E-state index contributed by atoms with van der Waals surface area (Å²) >= 11 is 6.61. The van der Waals surface area contributed by atoms with Crippen molar-refractivity contribution < 1.29 is 4.79 Å². The number of amides is 1. The van der Waals surface area contributed by atoms with Gasteiger partial charge in [-0.2, -0.15) is 0 Å². The molecule has 0 spiro atoms. The van der Waals surface area contributed by atoms with E-state index in [-0.39, 0.29) is 16.3 Å². The maximum Gasteiger partial charge on any atom is 0.232 e. The first-order valence-corrected chi connectivity index (χ1v) is 7.09. The average molecular weight is 284 g/mol. The zero-order chi connectivity index (χ0) is 14.0. The highest BCUT2D eigenvalue weighted by molar-refractivity contribution is 7.80. The van der Waals surface area contributed by atoms with E-state index in [0.717, 1.165) is 0 Å². The van der Waals surface area contributed by atoms with E-state index in [0.29, 0.717) is 6.54 Å². The maximum absolute atomic E-state index is 12.0. The smallest absolute Gasteiger partial charge is 0.232 e. The van der Waals surface area contributed by atoms with Crippen molar-refractivity contribution in [3.63, 3.8) is 0 Å². The van der Waals surface area contributed by atoms with Gasteiger partial charge in [-0.05, 0) is 25.3 Å². The molecule has 1 aromatic heterocycles.